The number of fused-ring (bicyclic) bond motifs is 1. The molecule has 2 saturated heterocycles. The van der Waals surface area contributed by atoms with E-state index in [1.165, 1.54) is 12.7 Å². The van der Waals surface area contributed by atoms with Crippen molar-refractivity contribution in [3.05, 3.63) is 12.0 Å². The molecular weight excluding hydrogens is 306 g/mol. The molecular formula is C17H23N5O2. The molecule has 7 nitrogen and oxygen atoms in total. The van der Waals surface area contributed by atoms with Gasteiger partial charge in [0, 0.05) is 32.1 Å². The summed E-state index contributed by atoms with van der Waals surface area (Å²) in [5.74, 6) is 1.38. The number of hydrogen-bond donors (Lipinski definition) is 0. The van der Waals surface area contributed by atoms with Crippen molar-refractivity contribution in [1.82, 2.24) is 20.0 Å². The Morgan fingerprint density at radius 1 is 1.12 bits per heavy atom. The first kappa shape index (κ1) is 15.4. The van der Waals surface area contributed by atoms with E-state index in [9.17, 15) is 4.79 Å². The average Bonchev–Trinajstić information content (AvgIpc) is 3.03. The number of nitrogens with zero attached hydrogens (tertiary/aromatic N) is 5. The zero-order chi connectivity index (χ0) is 16.5. The van der Waals surface area contributed by atoms with E-state index in [4.69, 9.17) is 4.52 Å². The molecule has 0 radical (unpaired) electrons. The van der Waals surface area contributed by atoms with Gasteiger partial charge in [-0.15, -0.1) is 0 Å². The number of rotatable bonds is 2. The molecule has 0 aliphatic carbocycles. The van der Waals surface area contributed by atoms with Crippen LogP contribution in [0, 0.1) is 12.8 Å². The van der Waals surface area contributed by atoms with Crippen LogP contribution in [0.5, 0.6) is 0 Å². The van der Waals surface area contributed by atoms with E-state index < -0.39 is 0 Å². The average molecular weight is 329 g/mol. The molecule has 2 aliphatic rings. The molecule has 1 amide bonds. The Hall–Kier alpha value is -2.18. The van der Waals surface area contributed by atoms with Crippen LogP contribution in [0.4, 0.5) is 5.82 Å². The van der Waals surface area contributed by atoms with Crippen LogP contribution in [-0.4, -0.2) is 52.1 Å². The summed E-state index contributed by atoms with van der Waals surface area (Å²) in [6.45, 7) is 5.45. The minimum absolute atomic E-state index is 0.153. The summed E-state index contributed by atoms with van der Waals surface area (Å²) in [5, 5.41) is 4.88. The molecule has 2 aliphatic heterocycles. The van der Waals surface area contributed by atoms with Gasteiger partial charge in [0.1, 0.15) is 17.5 Å². The second-order valence-electron chi connectivity index (χ2n) is 6.79. The van der Waals surface area contributed by atoms with E-state index in [-0.39, 0.29) is 5.92 Å². The summed E-state index contributed by atoms with van der Waals surface area (Å²) in [4.78, 5) is 25.6. The van der Waals surface area contributed by atoms with Crippen molar-refractivity contribution in [1.29, 1.82) is 0 Å². The largest absolute Gasteiger partial charge is 0.356 e. The van der Waals surface area contributed by atoms with Crippen LogP contribution in [0.2, 0.25) is 0 Å². The van der Waals surface area contributed by atoms with Crippen LogP contribution in [-0.2, 0) is 4.79 Å². The third-order valence-corrected chi connectivity index (χ3v) is 5.23. The number of amides is 1. The van der Waals surface area contributed by atoms with E-state index >= 15 is 0 Å². The first-order valence-corrected chi connectivity index (χ1v) is 8.85. The second-order valence-corrected chi connectivity index (χ2v) is 6.79. The summed E-state index contributed by atoms with van der Waals surface area (Å²) in [7, 11) is 0. The molecule has 0 N–H and O–H groups in total. The minimum Gasteiger partial charge on any atom is -0.356 e. The Bertz CT molecular complexity index is 730. The monoisotopic (exact) mass is 329 g/mol. The van der Waals surface area contributed by atoms with Crippen LogP contribution < -0.4 is 4.90 Å². The van der Waals surface area contributed by atoms with Crippen LogP contribution in [0.1, 0.15) is 37.8 Å². The molecule has 0 bridgehead atoms. The molecule has 2 fully saturated rings. The van der Waals surface area contributed by atoms with Gasteiger partial charge in [0.05, 0.1) is 5.69 Å². The highest BCUT2D eigenvalue weighted by molar-refractivity contribution is 5.88. The van der Waals surface area contributed by atoms with E-state index in [1.54, 1.807) is 0 Å². The van der Waals surface area contributed by atoms with Crippen LogP contribution in [0.15, 0.2) is 10.9 Å². The lowest BCUT2D eigenvalue weighted by Gasteiger charge is -2.36. The highest BCUT2D eigenvalue weighted by atomic mass is 16.5. The lowest BCUT2D eigenvalue weighted by atomic mass is 9.94. The summed E-state index contributed by atoms with van der Waals surface area (Å²) in [6, 6.07) is 0. The topological polar surface area (TPSA) is 75.4 Å². The van der Waals surface area contributed by atoms with Crippen LogP contribution >= 0.6 is 0 Å². The molecule has 128 valence electrons. The fourth-order valence-corrected chi connectivity index (χ4v) is 3.85. The Morgan fingerprint density at radius 3 is 2.62 bits per heavy atom. The normalized spacial score (nSPS) is 19.9. The number of carbonyl (C=O) groups excluding carboxylic acids is 1. The number of aromatic nitrogens is 3. The van der Waals surface area contributed by atoms with Crippen molar-refractivity contribution in [3.63, 3.8) is 0 Å². The maximum absolute atomic E-state index is 12.7. The standard InChI is InChI=1S/C17H23N5O2/c1-12-14-15(18-11-19-16(14)24-20-12)21-9-5-13(6-10-21)17(23)22-7-3-2-4-8-22/h11,13H,2-10H2,1H3. The fourth-order valence-electron chi connectivity index (χ4n) is 3.85. The van der Waals surface area contributed by atoms with Gasteiger partial charge in [0.15, 0.2) is 0 Å². The summed E-state index contributed by atoms with van der Waals surface area (Å²) >= 11 is 0. The number of anilines is 1. The van der Waals surface area contributed by atoms with E-state index in [0.29, 0.717) is 11.6 Å². The van der Waals surface area contributed by atoms with Crippen molar-refractivity contribution in [2.45, 2.75) is 39.0 Å². The molecule has 0 atom stereocenters. The maximum atomic E-state index is 12.7. The summed E-state index contributed by atoms with van der Waals surface area (Å²) in [6.07, 6.45) is 6.83. The second kappa shape index (κ2) is 6.37. The van der Waals surface area contributed by atoms with E-state index in [1.807, 2.05) is 6.92 Å². The van der Waals surface area contributed by atoms with E-state index in [0.717, 1.165) is 68.8 Å². The first-order valence-electron chi connectivity index (χ1n) is 8.85. The first-order chi connectivity index (χ1) is 11.7. The van der Waals surface area contributed by atoms with Gasteiger partial charge < -0.3 is 14.3 Å². The third kappa shape index (κ3) is 2.72. The van der Waals surface area contributed by atoms with E-state index in [2.05, 4.69) is 24.9 Å². The van der Waals surface area contributed by atoms with Crippen LogP contribution in [0.3, 0.4) is 0 Å². The predicted octanol–water partition coefficient (Wildman–Crippen LogP) is 2.16. The molecule has 0 spiro atoms. The molecule has 0 aromatic carbocycles. The van der Waals surface area contributed by atoms with Gasteiger partial charge in [0.25, 0.3) is 5.71 Å². The van der Waals surface area contributed by atoms with Gasteiger partial charge >= 0.3 is 0 Å². The van der Waals surface area contributed by atoms with Gasteiger partial charge in [0.2, 0.25) is 5.91 Å². The van der Waals surface area contributed by atoms with Crippen molar-refractivity contribution in [2.24, 2.45) is 5.92 Å². The van der Waals surface area contributed by atoms with Gasteiger partial charge in [-0.3, -0.25) is 4.79 Å². The highest BCUT2D eigenvalue weighted by Gasteiger charge is 2.30. The number of carbonyl (C=O) groups is 1. The smallest absolute Gasteiger partial charge is 0.263 e. The molecule has 4 heterocycles. The Balaban J connectivity index is 1.45. The van der Waals surface area contributed by atoms with Gasteiger partial charge in [-0.1, -0.05) is 5.16 Å². The molecule has 0 unspecified atom stereocenters. The Labute approximate surface area is 141 Å². The zero-order valence-electron chi connectivity index (χ0n) is 14.1. The highest BCUT2D eigenvalue weighted by Crippen LogP contribution is 2.30. The SMILES string of the molecule is Cc1noc2ncnc(N3CCC(C(=O)N4CCCCC4)CC3)c12. The number of piperidine rings is 2. The molecule has 7 heteroatoms. The molecule has 24 heavy (non-hydrogen) atoms. The number of likely N-dealkylation sites (tertiary alicyclic amines) is 1. The summed E-state index contributed by atoms with van der Waals surface area (Å²) in [5.41, 5.74) is 1.34. The Morgan fingerprint density at radius 2 is 1.88 bits per heavy atom. The molecule has 4 rings (SSSR count). The van der Waals surface area contributed by atoms with Gasteiger partial charge in [-0.25, -0.2) is 4.98 Å². The van der Waals surface area contributed by atoms with Gasteiger partial charge in [-0.05, 0) is 39.0 Å². The molecule has 2 aromatic rings. The zero-order valence-corrected chi connectivity index (χ0v) is 14.1. The quantitative estimate of drug-likeness (QED) is 0.840. The predicted molar refractivity (Wildman–Crippen MR) is 89.7 cm³/mol. The third-order valence-electron chi connectivity index (χ3n) is 5.23. The maximum Gasteiger partial charge on any atom is 0.263 e. The van der Waals surface area contributed by atoms with Crippen molar-refractivity contribution in [3.8, 4) is 0 Å². The van der Waals surface area contributed by atoms with Crippen molar-refractivity contribution >= 4 is 22.8 Å². The number of aryl methyl sites for hydroxylation is 1. The lowest BCUT2D eigenvalue weighted by molar-refractivity contribution is -0.137. The van der Waals surface area contributed by atoms with Crippen molar-refractivity contribution in [2.75, 3.05) is 31.1 Å². The Kier molecular flexibility index (Phi) is 4.08. The fraction of sp³-hybridized carbons (Fsp3) is 0.647. The van der Waals surface area contributed by atoms with Crippen LogP contribution in [0.25, 0.3) is 11.1 Å². The van der Waals surface area contributed by atoms with Crippen molar-refractivity contribution < 1.29 is 9.32 Å². The number of hydrogen-bond acceptors (Lipinski definition) is 6. The molecule has 2 aromatic heterocycles. The van der Waals surface area contributed by atoms with Gasteiger partial charge in [-0.2, -0.15) is 4.98 Å². The molecule has 0 saturated carbocycles. The summed E-state index contributed by atoms with van der Waals surface area (Å²) < 4.78 is 5.23. The minimum atomic E-state index is 0.153. The lowest BCUT2D eigenvalue weighted by Crippen LogP contribution is -2.44.